The van der Waals surface area contributed by atoms with Crippen molar-refractivity contribution in [3.8, 4) is 0 Å². The molecule has 1 atom stereocenters. The number of hydrogen-bond acceptors (Lipinski definition) is 4. The molecular weight excluding hydrogens is 365 g/mol. The van der Waals surface area contributed by atoms with Crippen LogP contribution >= 0.6 is 11.8 Å². The van der Waals surface area contributed by atoms with E-state index in [4.69, 9.17) is 0 Å². The van der Waals surface area contributed by atoms with Crippen molar-refractivity contribution >= 4 is 11.8 Å². The molecular formula is C15H16F5N3OS. The monoisotopic (exact) mass is 381 g/mol. The molecule has 2 aromatic rings. The van der Waals surface area contributed by atoms with Gasteiger partial charge in [-0.2, -0.15) is 27.1 Å². The van der Waals surface area contributed by atoms with Crippen molar-refractivity contribution in [2.45, 2.75) is 36.9 Å². The first-order valence-electron chi connectivity index (χ1n) is 7.30. The second-order valence-electron chi connectivity index (χ2n) is 5.39. The lowest BCUT2D eigenvalue weighted by atomic mass is 9.92. The molecule has 0 saturated heterocycles. The van der Waals surface area contributed by atoms with E-state index in [1.165, 1.54) is 13.3 Å². The molecule has 0 aliphatic rings. The smallest absolute Gasteiger partial charge is 0.376 e. The average Bonchev–Trinajstić information content (AvgIpc) is 2.98. The van der Waals surface area contributed by atoms with Crippen LogP contribution in [0.4, 0.5) is 22.0 Å². The maximum atomic E-state index is 14.6. The van der Waals surface area contributed by atoms with Crippen LogP contribution in [0.1, 0.15) is 18.1 Å². The maximum absolute atomic E-state index is 14.6. The molecule has 1 unspecified atom stereocenters. The maximum Gasteiger partial charge on any atom is 0.393 e. The van der Waals surface area contributed by atoms with Crippen molar-refractivity contribution in [2.75, 3.05) is 5.75 Å². The lowest BCUT2D eigenvalue weighted by Gasteiger charge is -2.35. The van der Waals surface area contributed by atoms with Crippen LogP contribution in [0.5, 0.6) is 0 Å². The Morgan fingerprint density at radius 1 is 1.12 bits per heavy atom. The summed E-state index contributed by atoms with van der Waals surface area (Å²) in [6, 6.07) is 4.34. The topological polar surface area (TPSA) is 50.9 Å². The fourth-order valence-electron chi connectivity index (χ4n) is 2.33. The molecule has 0 radical (unpaired) electrons. The van der Waals surface area contributed by atoms with Crippen LogP contribution in [0.2, 0.25) is 0 Å². The van der Waals surface area contributed by atoms with Gasteiger partial charge in [0.1, 0.15) is 12.7 Å². The number of rotatable bonds is 7. The highest BCUT2D eigenvalue weighted by Gasteiger charge is 2.54. The van der Waals surface area contributed by atoms with E-state index in [1.807, 2.05) is 0 Å². The van der Waals surface area contributed by atoms with Crippen molar-refractivity contribution < 1.29 is 27.1 Å². The van der Waals surface area contributed by atoms with Gasteiger partial charge in [0.25, 0.3) is 0 Å². The number of halogens is 5. The summed E-state index contributed by atoms with van der Waals surface area (Å²) in [7, 11) is 0. The summed E-state index contributed by atoms with van der Waals surface area (Å²) in [5.41, 5.74) is -2.93. The molecule has 4 nitrogen and oxygen atoms in total. The summed E-state index contributed by atoms with van der Waals surface area (Å²) < 4.78 is 67.5. The zero-order valence-electron chi connectivity index (χ0n) is 13.2. The van der Waals surface area contributed by atoms with Gasteiger partial charge < -0.3 is 5.11 Å². The van der Waals surface area contributed by atoms with Gasteiger partial charge >= 0.3 is 11.4 Å². The van der Waals surface area contributed by atoms with Crippen LogP contribution in [-0.2, 0) is 18.6 Å². The van der Waals surface area contributed by atoms with Crippen molar-refractivity contribution in [3.63, 3.8) is 0 Å². The molecule has 1 aromatic carbocycles. The summed E-state index contributed by atoms with van der Waals surface area (Å²) in [5, 5.41) is 10.9. The number of nitrogens with zero attached hydrogens (tertiary/aromatic N) is 3. The second kappa shape index (κ2) is 7.28. The molecule has 0 aliphatic heterocycles. The molecule has 25 heavy (non-hydrogen) atoms. The Bertz CT molecular complexity index is 675. The largest absolute Gasteiger partial charge is 0.393 e. The number of hydrogen-bond donors (Lipinski definition) is 1. The summed E-state index contributed by atoms with van der Waals surface area (Å²) in [4.78, 5) is 3.65. The van der Waals surface area contributed by atoms with Crippen LogP contribution in [0.15, 0.2) is 36.9 Å². The van der Waals surface area contributed by atoms with Gasteiger partial charge in [0, 0.05) is 0 Å². The van der Waals surface area contributed by atoms with E-state index in [1.54, 1.807) is 0 Å². The summed E-state index contributed by atoms with van der Waals surface area (Å²) in [5.74, 6) is 0.0405. The van der Waals surface area contributed by atoms with E-state index in [2.05, 4.69) is 10.1 Å². The van der Waals surface area contributed by atoms with Gasteiger partial charge in [-0.15, -0.1) is 0 Å². The van der Waals surface area contributed by atoms with E-state index < -0.39 is 30.0 Å². The second-order valence-corrected chi connectivity index (χ2v) is 6.77. The molecule has 1 N–H and O–H groups in total. The molecule has 0 spiro atoms. The molecule has 0 saturated carbocycles. The molecule has 0 amide bonds. The normalized spacial score (nSPS) is 15.2. The minimum absolute atomic E-state index is 0.0405. The number of alkyl halides is 5. The number of aromatic nitrogens is 3. The van der Waals surface area contributed by atoms with Gasteiger partial charge in [0.2, 0.25) is 0 Å². The van der Waals surface area contributed by atoms with Crippen LogP contribution in [0.25, 0.3) is 0 Å². The lowest BCUT2D eigenvalue weighted by Crippen LogP contribution is -2.47. The highest BCUT2D eigenvalue weighted by Crippen LogP contribution is 2.46. The molecule has 2 rings (SSSR count). The van der Waals surface area contributed by atoms with Crippen molar-refractivity contribution in [1.29, 1.82) is 0 Å². The van der Waals surface area contributed by atoms with Gasteiger partial charge in [0.15, 0.2) is 5.60 Å². The standard InChI is InChI=1S/C15H16F5N3OS/c1-2-25-15(19,20)13(24,8-23-10-21-9-22-23)12-5-3-11(4-6-12)7-14(16,17)18/h3-6,9-10,24H,2,7-8H2,1H3. The van der Waals surface area contributed by atoms with Gasteiger partial charge in [-0.3, -0.25) is 0 Å². The van der Waals surface area contributed by atoms with Crippen LogP contribution in [0, 0.1) is 0 Å². The Kier molecular flexibility index (Phi) is 5.72. The summed E-state index contributed by atoms with van der Waals surface area (Å²) in [6.07, 6.45) is -3.26. The zero-order valence-corrected chi connectivity index (χ0v) is 14.0. The minimum Gasteiger partial charge on any atom is -0.376 e. The molecule has 1 heterocycles. The van der Waals surface area contributed by atoms with Gasteiger partial charge in [-0.1, -0.05) is 43.0 Å². The lowest BCUT2D eigenvalue weighted by molar-refractivity contribution is -0.138. The van der Waals surface area contributed by atoms with E-state index in [0.29, 0.717) is 0 Å². The quantitative estimate of drug-likeness (QED) is 0.745. The molecule has 0 bridgehead atoms. The SMILES string of the molecule is CCSC(F)(F)C(O)(Cn1cncn1)c1ccc(CC(F)(F)F)cc1. The minimum atomic E-state index is -4.40. The van der Waals surface area contributed by atoms with Crippen molar-refractivity contribution in [3.05, 3.63) is 48.0 Å². The van der Waals surface area contributed by atoms with E-state index >= 15 is 0 Å². The fourth-order valence-corrected chi connectivity index (χ4v) is 3.11. The summed E-state index contributed by atoms with van der Waals surface area (Å²) in [6.45, 7) is 0.923. The molecule has 0 fully saturated rings. The molecule has 0 aliphatic carbocycles. The number of benzene rings is 1. The molecule has 1 aromatic heterocycles. The van der Waals surface area contributed by atoms with Gasteiger partial charge in [-0.05, 0) is 16.9 Å². The average molecular weight is 381 g/mol. The van der Waals surface area contributed by atoms with Crippen LogP contribution in [0.3, 0.4) is 0 Å². The zero-order chi connectivity index (χ0) is 18.7. The first-order chi connectivity index (χ1) is 11.6. The Morgan fingerprint density at radius 3 is 2.24 bits per heavy atom. The fraction of sp³-hybridized carbons (Fsp3) is 0.467. The Labute approximate surface area is 145 Å². The molecule has 10 heteroatoms. The predicted molar refractivity (Wildman–Crippen MR) is 83.2 cm³/mol. The first kappa shape index (κ1) is 19.6. The predicted octanol–water partition coefficient (Wildman–Crippen LogP) is 3.62. The number of thioether (sulfide) groups is 1. The van der Waals surface area contributed by atoms with Crippen molar-refractivity contribution in [1.82, 2.24) is 14.8 Å². The number of aliphatic hydroxyl groups is 1. The third-order valence-electron chi connectivity index (χ3n) is 3.50. The van der Waals surface area contributed by atoms with E-state index in [-0.39, 0.29) is 28.6 Å². The Hall–Kier alpha value is -1.68. The first-order valence-corrected chi connectivity index (χ1v) is 8.29. The van der Waals surface area contributed by atoms with E-state index in [0.717, 1.165) is 35.3 Å². The van der Waals surface area contributed by atoms with Gasteiger partial charge in [0.05, 0.1) is 13.0 Å². The molecule has 138 valence electrons. The third-order valence-corrected chi connectivity index (χ3v) is 4.49. The van der Waals surface area contributed by atoms with Crippen LogP contribution in [-0.4, -0.2) is 37.1 Å². The summed E-state index contributed by atoms with van der Waals surface area (Å²) >= 11 is 0.247. The Balaban J connectivity index is 2.38. The third kappa shape index (κ3) is 4.69. The van der Waals surface area contributed by atoms with E-state index in [9.17, 15) is 27.1 Å². The highest BCUT2D eigenvalue weighted by molar-refractivity contribution is 8.00. The van der Waals surface area contributed by atoms with Crippen LogP contribution < -0.4 is 0 Å². The Morgan fingerprint density at radius 2 is 1.76 bits per heavy atom. The van der Waals surface area contributed by atoms with Gasteiger partial charge in [-0.25, -0.2) is 9.67 Å². The van der Waals surface area contributed by atoms with Crippen molar-refractivity contribution in [2.24, 2.45) is 0 Å². The highest BCUT2D eigenvalue weighted by atomic mass is 32.2.